The van der Waals surface area contributed by atoms with Crippen LogP contribution in [-0.4, -0.2) is 37.2 Å². The van der Waals surface area contributed by atoms with E-state index < -0.39 is 0 Å². The molecule has 118 valence electrons. The van der Waals surface area contributed by atoms with Gasteiger partial charge in [0.2, 0.25) is 0 Å². The van der Waals surface area contributed by atoms with Gasteiger partial charge >= 0.3 is 0 Å². The summed E-state index contributed by atoms with van der Waals surface area (Å²) in [6, 6.07) is 0. The van der Waals surface area contributed by atoms with Crippen LogP contribution >= 0.6 is 0 Å². The third-order valence-electron chi connectivity index (χ3n) is 5.70. The molecule has 2 heteroatoms. The van der Waals surface area contributed by atoms with E-state index in [0.29, 0.717) is 6.10 Å². The highest BCUT2D eigenvalue weighted by Crippen LogP contribution is 2.34. The molecule has 0 aromatic heterocycles. The maximum Gasteiger partial charge on any atom is 0.0599 e. The SMILES string of the molecule is CCN1CCC(OCCC2CCC(C(C)C)CC2)CC1. The van der Waals surface area contributed by atoms with Gasteiger partial charge in [-0.25, -0.2) is 0 Å². The summed E-state index contributed by atoms with van der Waals surface area (Å²) in [6.07, 6.45) is 10.1. The number of ether oxygens (including phenoxy) is 1. The zero-order valence-corrected chi connectivity index (χ0v) is 13.9. The Labute approximate surface area is 126 Å². The molecule has 0 amide bonds. The summed E-state index contributed by atoms with van der Waals surface area (Å²) in [4.78, 5) is 2.53. The second-order valence-electron chi connectivity index (χ2n) is 7.32. The summed E-state index contributed by atoms with van der Waals surface area (Å²) in [5.74, 6) is 2.82. The van der Waals surface area contributed by atoms with E-state index in [1.807, 2.05) is 0 Å². The molecule has 20 heavy (non-hydrogen) atoms. The Bertz CT molecular complexity index is 250. The van der Waals surface area contributed by atoms with Crippen molar-refractivity contribution in [1.29, 1.82) is 0 Å². The van der Waals surface area contributed by atoms with Gasteiger partial charge < -0.3 is 9.64 Å². The number of nitrogens with zero attached hydrogens (tertiary/aromatic N) is 1. The molecule has 0 unspecified atom stereocenters. The lowest BCUT2D eigenvalue weighted by molar-refractivity contribution is 0.000231. The second-order valence-corrected chi connectivity index (χ2v) is 7.32. The molecule has 0 radical (unpaired) electrons. The number of likely N-dealkylation sites (tertiary alicyclic amines) is 1. The standard InChI is InChI=1S/C18H35NO/c1-4-19-12-9-18(10-13-19)20-14-11-16-5-7-17(8-6-16)15(2)3/h15-18H,4-14H2,1-3H3. The fourth-order valence-corrected chi connectivity index (χ4v) is 3.94. The predicted octanol–water partition coefficient (Wildman–Crippen LogP) is 4.34. The van der Waals surface area contributed by atoms with E-state index in [2.05, 4.69) is 25.7 Å². The number of hydrogen-bond acceptors (Lipinski definition) is 2. The molecular formula is C18H35NO. The predicted molar refractivity (Wildman–Crippen MR) is 86.0 cm³/mol. The first-order chi connectivity index (χ1) is 9.69. The maximum atomic E-state index is 6.13. The molecule has 0 aromatic carbocycles. The molecule has 1 aliphatic heterocycles. The Morgan fingerprint density at radius 1 is 1.00 bits per heavy atom. The number of hydrogen-bond donors (Lipinski definition) is 0. The lowest BCUT2D eigenvalue weighted by atomic mass is 9.76. The summed E-state index contributed by atoms with van der Waals surface area (Å²) >= 11 is 0. The van der Waals surface area contributed by atoms with Gasteiger partial charge in [0.25, 0.3) is 0 Å². The molecule has 2 nitrogen and oxygen atoms in total. The van der Waals surface area contributed by atoms with Gasteiger partial charge in [0.1, 0.15) is 0 Å². The van der Waals surface area contributed by atoms with Crippen LogP contribution in [0, 0.1) is 17.8 Å². The lowest BCUT2D eigenvalue weighted by Crippen LogP contribution is -2.37. The molecule has 0 N–H and O–H groups in total. The van der Waals surface area contributed by atoms with Crippen LogP contribution in [0.5, 0.6) is 0 Å². The highest BCUT2D eigenvalue weighted by Gasteiger charge is 2.24. The molecule has 2 rings (SSSR count). The average molecular weight is 281 g/mol. The van der Waals surface area contributed by atoms with E-state index in [4.69, 9.17) is 4.74 Å². The Morgan fingerprint density at radius 2 is 1.65 bits per heavy atom. The van der Waals surface area contributed by atoms with Crippen molar-refractivity contribution in [2.24, 2.45) is 17.8 Å². The Morgan fingerprint density at radius 3 is 2.20 bits per heavy atom. The highest BCUT2D eigenvalue weighted by atomic mass is 16.5. The number of rotatable bonds is 6. The molecule has 0 spiro atoms. The minimum absolute atomic E-state index is 0.546. The van der Waals surface area contributed by atoms with E-state index in [1.165, 1.54) is 64.6 Å². The van der Waals surface area contributed by atoms with Crippen LogP contribution in [0.15, 0.2) is 0 Å². The first kappa shape index (κ1) is 16.3. The van der Waals surface area contributed by atoms with Crippen molar-refractivity contribution < 1.29 is 4.74 Å². The van der Waals surface area contributed by atoms with Crippen LogP contribution in [0.3, 0.4) is 0 Å². The van der Waals surface area contributed by atoms with Gasteiger partial charge in [-0.15, -0.1) is 0 Å². The maximum absolute atomic E-state index is 6.13. The molecule has 1 aliphatic carbocycles. The topological polar surface area (TPSA) is 12.5 Å². The van der Waals surface area contributed by atoms with E-state index in [-0.39, 0.29) is 0 Å². The Hall–Kier alpha value is -0.0800. The largest absolute Gasteiger partial charge is 0.378 e. The van der Waals surface area contributed by atoms with E-state index in [9.17, 15) is 0 Å². The molecule has 2 aliphatic rings. The Balaban J connectivity index is 1.54. The van der Waals surface area contributed by atoms with Crippen LogP contribution in [0.4, 0.5) is 0 Å². The molecule has 2 fully saturated rings. The van der Waals surface area contributed by atoms with E-state index in [0.717, 1.165) is 24.4 Å². The van der Waals surface area contributed by atoms with Crippen LogP contribution in [0.1, 0.15) is 65.7 Å². The molecule has 0 aromatic rings. The van der Waals surface area contributed by atoms with Gasteiger partial charge in [-0.2, -0.15) is 0 Å². The van der Waals surface area contributed by atoms with Crippen molar-refractivity contribution in [1.82, 2.24) is 4.90 Å². The summed E-state index contributed by atoms with van der Waals surface area (Å²) in [6.45, 7) is 11.7. The fraction of sp³-hybridized carbons (Fsp3) is 1.00. The van der Waals surface area contributed by atoms with Crippen molar-refractivity contribution in [3.8, 4) is 0 Å². The Kier molecular flexibility index (Phi) is 6.83. The second kappa shape index (κ2) is 8.38. The monoisotopic (exact) mass is 281 g/mol. The molecule has 0 atom stereocenters. The summed E-state index contributed by atoms with van der Waals surface area (Å²) in [5.41, 5.74) is 0. The molecular weight excluding hydrogens is 246 g/mol. The van der Waals surface area contributed by atoms with E-state index >= 15 is 0 Å². The molecule has 1 heterocycles. The van der Waals surface area contributed by atoms with E-state index in [1.54, 1.807) is 0 Å². The summed E-state index contributed by atoms with van der Waals surface area (Å²) in [7, 11) is 0. The van der Waals surface area contributed by atoms with Crippen molar-refractivity contribution in [3.63, 3.8) is 0 Å². The first-order valence-electron chi connectivity index (χ1n) is 9.03. The van der Waals surface area contributed by atoms with Crippen LogP contribution in [-0.2, 0) is 4.74 Å². The van der Waals surface area contributed by atoms with Gasteiger partial charge in [0, 0.05) is 19.7 Å². The summed E-state index contributed by atoms with van der Waals surface area (Å²) in [5, 5.41) is 0. The highest BCUT2D eigenvalue weighted by molar-refractivity contribution is 4.75. The fourth-order valence-electron chi connectivity index (χ4n) is 3.94. The van der Waals surface area contributed by atoms with Crippen molar-refractivity contribution in [3.05, 3.63) is 0 Å². The minimum atomic E-state index is 0.546. The average Bonchev–Trinajstić information content (AvgIpc) is 2.48. The molecule has 1 saturated heterocycles. The third-order valence-corrected chi connectivity index (χ3v) is 5.70. The first-order valence-corrected chi connectivity index (χ1v) is 9.03. The van der Waals surface area contributed by atoms with Gasteiger partial charge in [-0.1, -0.05) is 33.6 Å². The minimum Gasteiger partial charge on any atom is -0.378 e. The van der Waals surface area contributed by atoms with Gasteiger partial charge in [0.15, 0.2) is 0 Å². The molecule has 0 bridgehead atoms. The number of piperidine rings is 1. The zero-order chi connectivity index (χ0) is 14.4. The van der Waals surface area contributed by atoms with Gasteiger partial charge in [-0.3, -0.25) is 0 Å². The summed E-state index contributed by atoms with van der Waals surface area (Å²) < 4.78 is 6.13. The van der Waals surface area contributed by atoms with Crippen LogP contribution in [0.25, 0.3) is 0 Å². The van der Waals surface area contributed by atoms with Crippen molar-refractivity contribution >= 4 is 0 Å². The van der Waals surface area contributed by atoms with Crippen LogP contribution in [0.2, 0.25) is 0 Å². The quantitative estimate of drug-likeness (QED) is 0.718. The van der Waals surface area contributed by atoms with Gasteiger partial charge in [0.05, 0.1) is 6.10 Å². The third kappa shape index (κ3) is 5.04. The van der Waals surface area contributed by atoms with Crippen molar-refractivity contribution in [2.45, 2.75) is 71.8 Å². The van der Waals surface area contributed by atoms with Gasteiger partial charge in [-0.05, 0) is 56.4 Å². The lowest BCUT2D eigenvalue weighted by Gasteiger charge is -2.33. The van der Waals surface area contributed by atoms with Crippen LogP contribution < -0.4 is 0 Å². The zero-order valence-electron chi connectivity index (χ0n) is 13.9. The smallest absolute Gasteiger partial charge is 0.0599 e. The normalized spacial score (nSPS) is 30.0. The van der Waals surface area contributed by atoms with Crippen molar-refractivity contribution in [2.75, 3.05) is 26.2 Å². The molecule has 1 saturated carbocycles.